The summed E-state index contributed by atoms with van der Waals surface area (Å²) in [6.07, 6.45) is 0. The molecular formula is C50H33NO. The fourth-order valence-electron chi connectivity index (χ4n) is 7.76. The molecule has 0 fully saturated rings. The molecule has 0 amide bonds. The summed E-state index contributed by atoms with van der Waals surface area (Å²) >= 11 is 0. The van der Waals surface area contributed by atoms with Crippen LogP contribution >= 0.6 is 0 Å². The summed E-state index contributed by atoms with van der Waals surface area (Å²) in [5.41, 5.74) is 12.8. The third-order valence-electron chi connectivity index (χ3n) is 10.3. The summed E-state index contributed by atoms with van der Waals surface area (Å²) < 4.78 is 6.42. The van der Waals surface area contributed by atoms with Gasteiger partial charge < -0.3 is 9.64 Å². The summed E-state index contributed by atoms with van der Waals surface area (Å²) in [7, 11) is 0. The molecule has 2 heteroatoms. The molecule has 1 heterocycles. The van der Waals surface area contributed by atoms with E-state index in [0.717, 1.165) is 45.1 Å². The van der Waals surface area contributed by atoms with Gasteiger partial charge in [0.05, 0.1) is 5.69 Å². The molecule has 0 aliphatic carbocycles. The van der Waals surface area contributed by atoms with Crippen molar-refractivity contribution >= 4 is 38.6 Å². The maximum absolute atomic E-state index is 6.42. The average Bonchev–Trinajstić information content (AvgIpc) is 3.22. The molecule has 0 aromatic heterocycles. The van der Waals surface area contributed by atoms with Gasteiger partial charge in [0.2, 0.25) is 0 Å². The number of hydrogen-bond donors (Lipinski definition) is 0. The highest BCUT2D eigenvalue weighted by atomic mass is 16.5. The van der Waals surface area contributed by atoms with E-state index in [9.17, 15) is 0 Å². The Morgan fingerprint density at radius 1 is 0.327 bits per heavy atom. The Kier molecular flexibility index (Phi) is 7.18. The number of fused-ring (bicyclic) bond motifs is 3. The monoisotopic (exact) mass is 663 g/mol. The van der Waals surface area contributed by atoms with E-state index in [2.05, 4.69) is 193 Å². The van der Waals surface area contributed by atoms with Crippen LogP contribution in [0.3, 0.4) is 0 Å². The van der Waals surface area contributed by atoms with Gasteiger partial charge in [-0.15, -0.1) is 0 Å². The number of anilines is 3. The van der Waals surface area contributed by atoms with Gasteiger partial charge >= 0.3 is 0 Å². The van der Waals surface area contributed by atoms with Crippen LogP contribution in [-0.2, 0) is 0 Å². The maximum Gasteiger partial charge on any atom is 0.135 e. The molecule has 0 atom stereocenters. The van der Waals surface area contributed by atoms with Crippen LogP contribution in [-0.4, -0.2) is 0 Å². The molecule has 9 aromatic rings. The minimum atomic E-state index is 0.899. The second-order valence-electron chi connectivity index (χ2n) is 13.3. The summed E-state index contributed by atoms with van der Waals surface area (Å²) in [4.78, 5) is 2.39. The first-order valence-electron chi connectivity index (χ1n) is 17.8. The normalized spacial score (nSPS) is 11.6. The lowest BCUT2D eigenvalue weighted by Crippen LogP contribution is -2.10. The highest BCUT2D eigenvalue weighted by Gasteiger charge is 2.22. The molecule has 2 nitrogen and oxygen atoms in total. The van der Waals surface area contributed by atoms with Gasteiger partial charge in [0.1, 0.15) is 11.5 Å². The zero-order valence-corrected chi connectivity index (χ0v) is 28.4. The number of hydrogen-bond acceptors (Lipinski definition) is 2. The molecule has 0 saturated carbocycles. The van der Waals surface area contributed by atoms with E-state index in [-0.39, 0.29) is 0 Å². The van der Waals surface area contributed by atoms with Crippen LogP contribution in [0.2, 0.25) is 0 Å². The maximum atomic E-state index is 6.42. The van der Waals surface area contributed by atoms with Crippen LogP contribution in [0.25, 0.3) is 66.1 Å². The van der Waals surface area contributed by atoms with Crippen molar-refractivity contribution in [1.29, 1.82) is 0 Å². The van der Waals surface area contributed by atoms with Gasteiger partial charge in [0, 0.05) is 27.7 Å². The average molecular weight is 664 g/mol. The van der Waals surface area contributed by atoms with Gasteiger partial charge in [-0.3, -0.25) is 0 Å². The fourth-order valence-corrected chi connectivity index (χ4v) is 7.76. The standard InChI is InChI=1S/C50H33NO/c1-2-11-34(12-3-1)35-23-25-36(26-24-35)37-27-29-40(30-28-37)51(47-21-9-14-38-13-4-5-17-43(38)47)41-16-8-15-39(33-41)42-31-32-49-50-45(42)19-10-20-46(50)44-18-6-7-22-48(44)52-49/h1-33H. The molecule has 0 N–H and O–H groups in total. The SMILES string of the molecule is c1ccc(-c2ccc(-c3ccc(N(c4cccc(-c5ccc6c7c(cccc57)-c5ccccc5O6)c4)c4cccc5ccccc45)cc3)cc2)cc1. The Morgan fingerprint density at radius 3 is 1.75 bits per heavy atom. The molecule has 0 saturated heterocycles. The smallest absolute Gasteiger partial charge is 0.135 e. The minimum absolute atomic E-state index is 0.899. The van der Waals surface area contributed by atoms with Crippen LogP contribution in [0.5, 0.6) is 11.5 Å². The predicted octanol–water partition coefficient (Wildman–Crippen LogP) is 14.2. The van der Waals surface area contributed by atoms with E-state index in [1.165, 1.54) is 49.5 Å². The van der Waals surface area contributed by atoms with E-state index in [0.29, 0.717) is 0 Å². The van der Waals surface area contributed by atoms with E-state index in [1.807, 2.05) is 12.1 Å². The molecule has 1 aliphatic rings. The highest BCUT2D eigenvalue weighted by molar-refractivity contribution is 6.10. The topological polar surface area (TPSA) is 12.5 Å². The molecule has 10 rings (SSSR count). The van der Waals surface area contributed by atoms with Gasteiger partial charge in [-0.1, -0.05) is 158 Å². The van der Waals surface area contributed by atoms with Crippen LogP contribution in [0.15, 0.2) is 200 Å². The van der Waals surface area contributed by atoms with Crippen molar-refractivity contribution < 1.29 is 4.74 Å². The first kappa shape index (κ1) is 30.0. The van der Waals surface area contributed by atoms with Gasteiger partial charge in [-0.05, 0) is 92.2 Å². The van der Waals surface area contributed by atoms with Crippen molar-refractivity contribution in [3.05, 3.63) is 200 Å². The first-order chi connectivity index (χ1) is 25.8. The van der Waals surface area contributed by atoms with Gasteiger partial charge in [0.25, 0.3) is 0 Å². The van der Waals surface area contributed by atoms with Gasteiger partial charge in [-0.25, -0.2) is 0 Å². The van der Waals surface area contributed by atoms with E-state index < -0.39 is 0 Å². The Morgan fingerprint density at radius 2 is 0.923 bits per heavy atom. The molecule has 0 unspecified atom stereocenters. The third-order valence-corrected chi connectivity index (χ3v) is 10.3. The number of rotatable bonds is 6. The molecular weight excluding hydrogens is 631 g/mol. The van der Waals surface area contributed by atoms with Crippen LogP contribution in [0.4, 0.5) is 17.1 Å². The molecule has 52 heavy (non-hydrogen) atoms. The van der Waals surface area contributed by atoms with Crippen molar-refractivity contribution in [3.8, 4) is 56.0 Å². The molecule has 0 spiro atoms. The van der Waals surface area contributed by atoms with Crippen molar-refractivity contribution in [2.24, 2.45) is 0 Å². The summed E-state index contributed by atoms with van der Waals surface area (Å²) in [6, 6.07) is 71.7. The Labute approximate surface area is 303 Å². The summed E-state index contributed by atoms with van der Waals surface area (Å²) in [5, 5.41) is 4.75. The number of ether oxygens (including phenoxy) is 1. The van der Waals surface area contributed by atoms with E-state index in [4.69, 9.17) is 4.74 Å². The number of benzene rings is 9. The van der Waals surface area contributed by atoms with Crippen molar-refractivity contribution in [2.45, 2.75) is 0 Å². The molecule has 244 valence electrons. The molecule has 1 aliphatic heterocycles. The zero-order chi connectivity index (χ0) is 34.4. The number of nitrogens with zero attached hydrogens (tertiary/aromatic N) is 1. The Hall–Kier alpha value is -6.90. The van der Waals surface area contributed by atoms with Crippen LogP contribution in [0, 0.1) is 0 Å². The van der Waals surface area contributed by atoms with Crippen LogP contribution in [0.1, 0.15) is 0 Å². The molecule has 9 aromatic carbocycles. The second-order valence-corrected chi connectivity index (χ2v) is 13.3. The first-order valence-corrected chi connectivity index (χ1v) is 17.8. The van der Waals surface area contributed by atoms with Crippen LogP contribution < -0.4 is 9.64 Å². The third kappa shape index (κ3) is 5.12. The quantitative estimate of drug-likeness (QED) is 0.176. The summed E-state index contributed by atoms with van der Waals surface area (Å²) in [6.45, 7) is 0. The van der Waals surface area contributed by atoms with Crippen molar-refractivity contribution in [3.63, 3.8) is 0 Å². The Bertz CT molecular complexity index is 2740. The lowest BCUT2D eigenvalue weighted by Gasteiger charge is -2.28. The second kappa shape index (κ2) is 12.5. The lowest BCUT2D eigenvalue weighted by molar-refractivity contribution is 0.487. The van der Waals surface area contributed by atoms with Gasteiger partial charge in [0.15, 0.2) is 0 Å². The molecule has 0 radical (unpaired) electrons. The Balaban J connectivity index is 1.08. The van der Waals surface area contributed by atoms with Crippen molar-refractivity contribution in [1.82, 2.24) is 0 Å². The minimum Gasteiger partial charge on any atom is -0.456 e. The van der Waals surface area contributed by atoms with E-state index >= 15 is 0 Å². The van der Waals surface area contributed by atoms with Crippen molar-refractivity contribution in [2.75, 3.05) is 4.90 Å². The lowest BCUT2D eigenvalue weighted by atomic mass is 9.90. The summed E-state index contributed by atoms with van der Waals surface area (Å²) in [5.74, 6) is 1.80. The fraction of sp³-hybridized carbons (Fsp3) is 0. The largest absolute Gasteiger partial charge is 0.456 e. The molecule has 0 bridgehead atoms. The highest BCUT2D eigenvalue weighted by Crippen LogP contribution is 2.49. The number of para-hydroxylation sites is 1. The van der Waals surface area contributed by atoms with Gasteiger partial charge in [-0.2, -0.15) is 0 Å². The van der Waals surface area contributed by atoms with E-state index in [1.54, 1.807) is 0 Å². The zero-order valence-electron chi connectivity index (χ0n) is 28.4. The predicted molar refractivity (Wildman–Crippen MR) is 218 cm³/mol.